The summed E-state index contributed by atoms with van der Waals surface area (Å²) in [6.07, 6.45) is 5.82. The van der Waals surface area contributed by atoms with Crippen LogP contribution < -0.4 is 5.32 Å². The summed E-state index contributed by atoms with van der Waals surface area (Å²) in [7, 11) is -4.09. The van der Waals surface area contributed by atoms with E-state index in [-0.39, 0.29) is 36.2 Å². The maximum absolute atomic E-state index is 14.5. The van der Waals surface area contributed by atoms with Gasteiger partial charge < -0.3 is 29.9 Å². The van der Waals surface area contributed by atoms with E-state index in [0.717, 1.165) is 52.9 Å². The summed E-state index contributed by atoms with van der Waals surface area (Å²) < 4.78 is 42.6. The van der Waals surface area contributed by atoms with Gasteiger partial charge in [0.2, 0.25) is 10.0 Å². The first kappa shape index (κ1) is 38.4. The van der Waals surface area contributed by atoms with Crippen LogP contribution >= 0.6 is 11.3 Å². The summed E-state index contributed by atoms with van der Waals surface area (Å²) >= 11 is 1.46. The van der Waals surface area contributed by atoms with E-state index in [2.05, 4.69) is 10.2 Å². The van der Waals surface area contributed by atoms with Gasteiger partial charge in [-0.3, -0.25) is 4.90 Å². The summed E-state index contributed by atoms with van der Waals surface area (Å²) in [5, 5.41) is 27.2. The second-order valence-corrected chi connectivity index (χ2v) is 18.7. The average molecular weight is 770 g/mol. The van der Waals surface area contributed by atoms with Gasteiger partial charge in [-0.05, 0) is 74.6 Å². The third-order valence-corrected chi connectivity index (χ3v) is 14.4. The number of anilines is 1. The van der Waals surface area contributed by atoms with Crippen molar-refractivity contribution in [2.45, 2.75) is 113 Å². The highest BCUT2D eigenvalue weighted by Gasteiger charge is 2.47. The fourth-order valence-electron chi connectivity index (χ4n) is 8.93. The number of amides is 1. The molecule has 5 atom stereocenters. The van der Waals surface area contributed by atoms with Crippen LogP contribution in [0.15, 0.2) is 53.4 Å². The molecule has 0 unspecified atom stereocenters. The molecule has 1 aliphatic carbocycles. The molecule has 7 rings (SSSR count). The maximum Gasteiger partial charge on any atom is 0.407 e. The van der Waals surface area contributed by atoms with E-state index in [1.807, 2.05) is 44.2 Å². The van der Waals surface area contributed by atoms with E-state index < -0.39 is 40.6 Å². The number of hydrogen-bond donors (Lipinski definition) is 3. The van der Waals surface area contributed by atoms with Gasteiger partial charge in [0.15, 0.2) is 11.4 Å². The Labute approximate surface area is 317 Å². The number of carboxylic acid groups (broad SMARTS) is 1. The Hall–Kier alpha value is -2.85. The molecule has 0 bridgehead atoms. The number of carbonyl (C=O) groups is 1. The standard InChI is InChI=1S/C39H55N5O7S2/c1-26(2)24-43(25-35(45)34(22-27-8-4-3-5-9-27)44(39(46)47)33-17-21-51-37-31(33)16-20-50-37)53(48,49)30-12-13-32-36(23-30)52-38(41-32)40-28-14-18-42(19-15-28)29-10-6-7-11-29/h3-5,8-9,12-13,23,26,28-29,31,33-35,37,45H,6-7,10-11,14-22,24-25H2,1-2H3,(H,40,41)(H,46,47)/t31-,33-,34-,35+,37+/m0/s1. The van der Waals surface area contributed by atoms with Gasteiger partial charge in [-0.25, -0.2) is 18.2 Å². The number of aliphatic hydroxyl groups excluding tert-OH is 1. The Bertz CT molecular complexity index is 1780. The molecule has 3 aliphatic heterocycles. The predicted octanol–water partition coefficient (Wildman–Crippen LogP) is 5.87. The summed E-state index contributed by atoms with van der Waals surface area (Å²) in [6, 6.07) is 14.2. The Morgan fingerprint density at radius 2 is 1.72 bits per heavy atom. The van der Waals surface area contributed by atoms with Gasteiger partial charge in [-0.15, -0.1) is 0 Å². The van der Waals surface area contributed by atoms with Crippen molar-refractivity contribution < 1.29 is 32.9 Å². The number of nitrogens with one attached hydrogen (secondary N) is 1. The number of piperidine rings is 1. The smallest absolute Gasteiger partial charge is 0.407 e. The highest BCUT2D eigenvalue weighted by molar-refractivity contribution is 7.89. The lowest BCUT2D eigenvalue weighted by molar-refractivity contribution is -0.172. The van der Waals surface area contributed by atoms with Gasteiger partial charge >= 0.3 is 6.09 Å². The van der Waals surface area contributed by atoms with E-state index in [4.69, 9.17) is 14.5 Å². The predicted molar refractivity (Wildman–Crippen MR) is 206 cm³/mol. The number of benzene rings is 2. The molecule has 3 N–H and O–H groups in total. The fraction of sp³-hybridized carbons (Fsp3) is 0.641. The minimum atomic E-state index is -4.09. The van der Waals surface area contributed by atoms with E-state index in [9.17, 15) is 23.4 Å². The number of sulfonamides is 1. The summed E-state index contributed by atoms with van der Waals surface area (Å²) in [4.78, 5) is 22.1. The number of ether oxygens (including phenoxy) is 2. The lowest BCUT2D eigenvalue weighted by Gasteiger charge is -2.44. The van der Waals surface area contributed by atoms with Crippen molar-refractivity contribution in [3.8, 4) is 0 Å². The Morgan fingerprint density at radius 3 is 2.42 bits per heavy atom. The zero-order valence-electron chi connectivity index (χ0n) is 30.9. The van der Waals surface area contributed by atoms with Gasteiger partial charge in [0, 0.05) is 50.2 Å². The summed E-state index contributed by atoms with van der Waals surface area (Å²) in [6.45, 7) is 6.77. The second kappa shape index (κ2) is 16.9. The number of nitrogens with zero attached hydrogens (tertiary/aromatic N) is 4. The summed E-state index contributed by atoms with van der Waals surface area (Å²) in [5.41, 5.74) is 1.59. The second-order valence-electron chi connectivity index (χ2n) is 15.7. The number of aromatic nitrogens is 1. The van der Waals surface area contributed by atoms with E-state index in [1.54, 1.807) is 18.2 Å². The van der Waals surface area contributed by atoms with Crippen LogP contribution in [0.1, 0.15) is 70.8 Å². The monoisotopic (exact) mass is 769 g/mol. The number of thiazole rings is 1. The number of fused-ring (bicyclic) bond motifs is 2. The normalized spacial score (nSPS) is 24.5. The molecule has 12 nitrogen and oxygen atoms in total. The van der Waals surface area contributed by atoms with E-state index in [1.165, 1.54) is 46.2 Å². The van der Waals surface area contributed by atoms with Crippen molar-refractivity contribution in [1.82, 2.24) is 19.1 Å². The van der Waals surface area contributed by atoms with Crippen LogP contribution in [-0.2, 0) is 25.9 Å². The average Bonchev–Trinajstić information content (AvgIpc) is 3.93. The first-order valence-electron chi connectivity index (χ1n) is 19.4. The molecule has 0 spiro atoms. The lowest BCUT2D eigenvalue weighted by atomic mass is 9.88. The fourth-order valence-corrected chi connectivity index (χ4v) is 11.6. The minimum absolute atomic E-state index is 0.0463. The molecule has 0 radical (unpaired) electrons. The molecule has 1 saturated carbocycles. The molecule has 4 aliphatic rings. The first-order chi connectivity index (χ1) is 25.6. The van der Waals surface area contributed by atoms with Crippen molar-refractivity contribution >= 4 is 42.8 Å². The molecular weight excluding hydrogens is 715 g/mol. The quantitative estimate of drug-likeness (QED) is 0.182. The molecule has 3 saturated heterocycles. The van der Waals surface area contributed by atoms with Gasteiger partial charge in [0.25, 0.3) is 0 Å². The molecule has 4 heterocycles. The largest absolute Gasteiger partial charge is 0.465 e. The van der Waals surface area contributed by atoms with Crippen LogP contribution in [0.4, 0.5) is 9.93 Å². The summed E-state index contributed by atoms with van der Waals surface area (Å²) in [5.74, 6) is -0.217. The molecule has 53 heavy (non-hydrogen) atoms. The Kier molecular flexibility index (Phi) is 12.2. The number of aliphatic hydroxyl groups is 1. The SMILES string of the molecule is CC(C)CN(C[C@@H](O)[C@H](Cc1ccccc1)N(C(=O)O)[C@H]1CCO[C@H]2OCC[C@H]21)S(=O)(=O)c1ccc2nc(NC3CCN(C4CCCC4)CC3)sc2c1. The van der Waals surface area contributed by atoms with Gasteiger partial charge in [-0.1, -0.05) is 68.4 Å². The highest BCUT2D eigenvalue weighted by atomic mass is 32.2. The third-order valence-electron chi connectivity index (χ3n) is 11.6. The first-order valence-corrected chi connectivity index (χ1v) is 21.7. The van der Waals surface area contributed by atoms with Gasteiger partial charge in [-0.2, -0.15) is 4.31 Å². The molecule has 290 valence electrons. The van der Waals surface area contributed by atoms with E-state index in [0.29, 0.717) is 32.1 Å². The van der Waals surface area contributed by atoms with Gasteiger partial charge in [0.1, 0.15) is 0 Å². The lowest BCUT2D eigenvalue weighted by Crippen LogP contribution is -2.59. The molecule has 2 aromatic carbocycles. The molecule has 4 fully saturated rings. The molecule has 1 aromatic heterocycles. The highest BCUT2D eigenvalue weighted by Crippen LogP contribution is 2.37. The van der Waals surface area contributed by atoms with Crippen LogP contribution in [0.2, 0.25) is 0 Å². The zero-order valence-corrected chi connectivity index (χ0v) is 32.5. The Balaban J connectivity index is 1.10. The van der Waals surface area contributed by atoms with Crippen molar-refractivity contribution in [2.75, 3.05) is 44.7 Å². The van der Waals surface area contributed by atoms with Gasteiger partial charge in [0.05, 0.1) is 40.5 Å². The molecule has 14 heteroatoms. The molecule has 3 aromatic rings. The van der Waals surface area contributed by atoms with Crippen LogP contribution in [-0.4, -0.2) is 120 Å². The van der Waals surface area contributed by atoms with Crippen LogP contribution in [0.3, 0.4) is 0 Å². The van der Waals surface area contributed by atoms with Crippen molar-refractivity contribution in [2.24, 2.45) is 11.8 Å². The topological polar surface area (TPSA) is 145 Å². The third kappa shape index (κ3) is 8.84. The number of rotatable bonds is 14. The van der Waals surface area contributed by atoms with Crippen molar-refractivity contribution in [1.29, 1.82) is 0 Å². The van der Waals surface area contributed by atoms with Crippen LogP contribution in [0.25, 0.3) is 10.2 Å². The molecule has 1 amide bonds. The zero-order chi connectivity index (χ0) is 37.1. The minimum Gasteiger partial charge on any atom is -0.465 e. The van der Waals surface area contributed by atoms with Crippen LogP contribution in [0, 0.1) is 11.8 Å². The number of hydrogen-bond acceptors (Lipinski definition) is 10. The Morgan fingerprint density at radius 1 is 1.00 bits per heavy atom. The van der Waals surface area contributed by atoms with Crippen molar-refractivity contribution in [3.05, 3.63) is 54.1 Å². The molecular formula is C39H55N5O7S2. The van der Waals surface area contributed by atoms with Crippen molar-refractivity contribution in [3.63, 3.8) is 0 Å². The maximum atomic E-state index is 14.5. The van der Waals surface area contributed by atoms with E-state index >= 15 is 0 Å². The number of likely N-dealkylation sites (tertiary alicyclic amines) is 1. The van der Waals surface area contributed by atoms with Crippen LogP contribution in [0.5, 0.6) is 0 Å².